The smallest absolute Gasteiger partial charge is 0.191 e. The van der Waals surface area contributed by atoms with E-state index in [1.54, 1.807) is 12.1 Å². The van der Waals surface area contributed by atoms with E-state index >= 15 is 0 Å². The molecule has 2 fully saturated rings. The van der Waals surface area contributed by atoms with Crippen molar-refractivity contribution in [2.75, 3.05) is 39.5 Å². The monoisotopic (exact) mass is 562 g/mol. The summed E-state index contributed by atoms with van der Waals surface area (Å²) in [5.41, 5.74) is 1.11. The van der Waals surface area contributed by atoms with Gasteiger partial charge in [0, 0.05) is 39.0 Å². The standard InChI is InChI=1S/C23H38N4O2S.HI/c1-24-23(25-15-14-19-10-12-22(13-11-19)30(2,28)29)26-17-21-9-6-16-27(21)18-20-7-4-3-5-8-20;/h10-13,20-21H,3-9,14-18H2,1-2H3,(H2,24,25,26);1H. The second-order valence-electron chi connectivity index (χ2n) is 8.84. The molecule has 1 unspecified atom stereocenters. The van der Waals surface area contributed by atoms with E-state index in [0.29, 0.717) is 10.9 Å². The van der Waals surface area contributed by atoms with Gasteiger partial charge in [0.1, 0.15) is 0 Å². The van der Waals surface area contributed by atoms with Crippen molar-refractivity contribution in [2.45, 2.75) is 62.3 Å². The molecule has 1 saturated carbocycles. The molecule has 1 atom stereocenters. The van der Waals surface area contributed by atoms with Gasteiger partial charge in [0.25, 0.3) is 0 Å². The Hall–Kier alpha value is -0.870. The Bertz CT molecular complexity index is 792. The number of guanidine groups is 1. The van der Waals surface area contributed by atoms with Crippen LogP contribution < -0.4 is 10.6 Å². The van der Waals surface area contributed by atoms with Crippen LogP contribution in [0.25, 0.3) is 0 Å². The molecule has 2 N–H and O–H groups in total. The number of aliphatic imine (C=N–C) groups is 1. The molecule has 0 radical (unpaired) electrons. The molecule has 0 bridgehead atoms. The molecular formula is C23H39IN4O2S. The first-order valence-corrected chi connectivity index (χ1v) is 13.3. The first-order valence-electron chi connectivity index (χ1n) is 11.4. The SMILES string of the molecule is CN=C(NCCc1ccc(S(C)(=O)=O)cc1)NCC1CCCN1CC1CCCCC1.I. The van der Waals surface area contributed by atoms with Crippen LogP contribution in [-0.4, -0.2) is 64.8 Å². The highest BCUT2D eigenvalue weighted by Gasteiger charge is 2.27. The minimum Gasteiger partial charge on any atom is -0.356 e. The predicted octanol–water partition coefficient (Wildman–Crippen LogP) is 3.46. The van der Waals surface area contributed by atoms with Crippen molar-refractivity contribution in [1.29, 1.82) is 0 Å². The lowest BCUT2D eigenvalue weighted by Gasteiger charge is -2.31. The van der Waals surface area contributed by atoms with E-state index in [9.17, 15) is 8.42 Å². The van der Waals surface area contributed by atoms with Crippen molar-refractivity contribution < 1.29 is 8.42 Å². The van der Waals surface area contributed by atoms with Gasteiger partial charge in [-0.3, -0.25) is 9.89 Å². The largest absolute Gasteiger partial charge is 0.356 e. The second-order valence-corrected chi connectivity index (χ2v) is 10.9. The summed E-state index contributed by atoms with van der Waals surface area (Å²) in [4.78, 5) is 7.42. The molecule has 176 valence electrons. The summed E-state index contributed by atoms with van der Waals surface area (Å²) < 4.78 is 23.1. The Balaban J connectivity index is 0.00000341. The maximum atomic E-state index is 11.6. The second kappa shape index (κ2) is 13.0. The number of benzene rings is 1. The molecule has 8 heteroatoms. The predicted molar refractivity (Wildman–Crippen MR) is 139 cm³/mol. The van der Waals surface area contributed by atoms with Crippen LogP contribution in [0.4, 0.5) is 0 Å². The Morgan fingerprint density at radius 3 is 2.42 bits per heavy atom. The molecule has 31 heavy (non-hydrogen) atoms. The minimum atomic E-state index is -3.14. The highest BCUT2D eigenvalue weighted by molar-refractivity contribution is 14.0. The number of halogens is 1. The van der Waals surface area contributed by atoms with Crippen LogP contribution in [0.2, 0.25) is 0 Å². The molecular weight excluding hydrogens is 523 g/mol. The highest BCUT2D eigenvalue weighted by atomic mass is 127. The lowest BCUT2D eigenvalue weighted by Crippen LogP contribution is -2.46. The van der Waals surface area contributed by atoms with Gasteiger partial charge >= 0.3 is 0 Å². The van der Waals surface area contributed by atoms with Gasteiger partial charge in [-0.25, -0.2) is 8.42 Å². The van der Waals surface area contributed by atoms with Gasteiger partial charge in [0.2, 0.25) is 0 Å². The van der Waals surface area contributed by atoms with Crippen molar-refractivity contribution in [3.63, 3.8) is 0 Å². The van der Waals surface area contributed by atoms with Crippen molar-refractivity contribution in [3.8, 4) is 0 Å². The van der Waals surface area contributed by atoms with Crippen molar-refractivity contribution >= 4 is 39.8 Å². The Kier molecular flexibility index (Phi) is 11.1. The number of hydrogen-bond donors (Lipinski definition) is 2. The van der Waals surface area contributed by atoms with Gasteiger partial charge in [-0.15, -0.1) is 24.0 Å². The minimum absolute atomic E-state index is 0. The fraction of sp³-hybridized carbons (Fsp3) is 0.696. The maximum absolute atomic E-state index is 11.6. The molecule has 1 aliphatic carbocycles. The van der Waals surface area contributed by atoms with Crippen LogP contribution in [0.15, 0.2) is 34.2 Å². The third-order valence-corrected chi connectivity index (χ3v) is 7.63. The first-order chi connectivity index (χ1) is 14.5. The number of rotatable bonds is 8. The van der Waals surface area contributed by atoms with Gasteiger partial charge in [-0.05, 0) is 62.3 Å². The van der Waals surface area contributed by atoms with E-state index in [1.165, 1.54) is 64.3 Å². The highest BCUT2D eigenvalue weighted by Crippen LogP contribution is 2.27. The summed E-state index contributed by atoms with van der Waals surface area (Å²) in [6, 6.07) is 7.73. The summed E-state index contributed by atoms with van der Waals surface area (Å²) in [6.07, 6.45) is 11.7. The molecule has 0 aromatic heterocycles. The fourth-order valence-electron chi connectivity index (χ4n) is 4.73. The number of likely N-dealkylation sites (tertiary alicyclic amines) is 1. The molecule has 1 aromatic carbocycles. The summed E-state index contributed by atoms with van der Waals surface area (Å²) in [5.74, 6) is 1.73. The van der Waals surface area contributed by atoms with Crippen LogP contribution in [-0.2, 0) is 16.3 Å². The first kappa shape index (κ1) is 26.4. The zero-order valence-electron chi connectivity index (χ0n) is 19.0. The van der Waals surface area contributed by atoms with E-state index in [-0.39, 0.29) is 24.0 Å². The third-order valence-electron chi connectivity index (χ3n) is 6.50. The van der Waals surface area contributed by atoms with Crippen molar-refractivity contribution in [1.82, 2.24) is 15.5 Å². The average molecular weight is 563 g/mol. The van der Waals surface area contributed by atoms with Gasteiger partial charge in [-0.1, -0.05) is 31.4 Å². The summed E-state index contributed by atoms with van der Waals surface area (Å²) in [7, 11) is -1.33. The molecule has 1 aliphatic heterocycles. The van der Waals surface area contributed by atoms with Crippen molar-refractivity contribution in [2.24, 2.45) is 10.9 Å². The topological polar surface area (TPSA) is 73.8 Å². The lowest BCUT2D eigenvalue weighted by molar-refractivity contribution is 0.188. The third kappa shape index (κ3) is 8.53. The summed E-state index contributed by atoms with van der Waals surface area (Å²) in [5, 5.41) is 6.90. The Morgan fingerprint density at radius 1 is 1.06 bits per heavy atom. The zero-order valence-corrected chi connectivity index (χ0v) is 22.1. The lowest BCUT2D eigenvalue weighted by atomic mass is 9.89. The molecule has 3 rings (SSSR count). The van der Waals surface area contributed by atoms with Crippen LogP contribution in [0.5, 0.6) is 0 Å². The van der Waals surface area contributed by atoms with Crippen LogP contribution in [0.3, 0.4) is 0 Å². The normalized spacial score (nSPS) is 21.0. The van der Waals surface area contributed by atoms with E-state index in [4.69, 9.17) is 0 Å². The van der Waals surface area contributed by atoms with Gasteiger partial charge < -0.3 is 10.6 Å². The Morgan fingerprint density at radius 2 is 1.77 bits per heavy atom. The summed E-state index contributed by atoms with van der Waals surface area (Å²) in [6.45, 7) is 4.20. The molecule has 1 aromatic rings. The van der Waals surface area contributed by atoms with Gasteiger partial charge in [0.15, 0.2) is 15.8 Å². The quantitative estimate of drug-likeness (QED) is 0.289. The van der Waals surface area contributed by atoms with Crippen LogP contribution in [0.1, 0.15) is 50.5 Å². The molecule has 2 aliphatic rings. The van der Waals surface area contributed by atoms with E-state index in [0.717, 1.165) is 37.0 Å². The summed E-state index contributed by atoms with van der Waals surface area (Å²) >= 11 is 0. The number of nitrogens with one attached hydrogen (secondary N) is 2. The zero-order chi connectivity index (χ0) is 21.4. The molecule has 6 nitrogen and oxygen atoms in total. The van der Waals surface area contributed by atoms with Gasteiger partial charge in [0.05, 0.1) is 4.90 Å². The van der Waals surface area contributed by atoms with Gasteiger partial charge in [-0.2, -0.15) is 0 Å². The molecule has 0 amide bonds. The Labute approximate surface area is 205 Å². The van der Waals surface area contributed by atoms with Crippen molar-refractivity contribution in [3.05, 3.63) is 29.8 Å². The van der Waals surface area contributed by atoms with Crippen LogP contribution >= 0.6 is 24.0 Å². The number of sulfone groups is 1. The van der Waals surface area contributed by atoms with Crippen LogP contribution in [0, 0.1) is 5.92 Å². The molecule has 1 heterocycles. The maximum Gasteiger partial charge on any atom is 0.191 e. The number of hydrogen-bond acceptors (Lipinski definition) is 4. The molecule has 0 spiro atoms. The number of nitrogens with zero attached hydrogens (tertiary/aromatic N) is 2. The molecule has 1 saturated heterocycles. The van der Waals surface area contributed by atoms with E-state index in [1.807, 2.05) is 19.2 Å². The van der Waals surface area contributed by atoms with E-state index in [2.05, 4.69) is 20.5 Å². The average Bonchev–Trinajstić information content (AvgIpc) is 3.18. The van der Waals surface area contributed by atoms with E-state index < -0.39 is 9.84 Å². The fourth-order valence-corrected chi connectivity index (χ4v) is 5.36.